The van der Waals surface area contributed by atoms with Crippen molar-refractivity contribution in [2.75, 3.05) is 6.61 Å². The van der Waals surface area contributed by atoms with Crippen molar-refractivity contribution in [2.24, 2.45) is 16.6 Å². The van der Waals surface area contributed by atoms with Crippen molar-refractivity contribution >= 4 is 29.9 Å². The van der Waals surface area contributed by atoms with E-state index in [1.807, 2.05) is 0 Å². The van der Waals surface area contributed by atoms with E-state index in [1.165, 1.54) is 13.8 Å². The van der Waals surface area contributed by atoms with Crippen LogP contribution in [0.5, 0.6) is 0 Å². The maximum absolute atomic E-state index is 12.3. The molecule has 2 fully saturated rings. The second kappa shape index (κ2) is 12.9. The fraction of sp³-hybridized carbons (Fsp3) is 0.696. The van der Waals surface area contributed by atoms with Crippen molar-refractivity contribution in [3.8, 4) is 0 Å². The Labute approximate surface area is 218 Å². The molecule has 212 valence electrons. The van der Waals surface area contributed by atoms with E-state index in [0.717, 1.165) is 25.3 Å². The molecule has 2 amide bonds. The highest BCUT2D eigenvalue weighted by Crippen LogP contribution is 2.30. The highest BCUT2D eigenvalue weighted by atomic mass is 16.7. The quantitative estimate of drug-likeness (QED) is 0.0970. The highest BCUT2D eigenvalue weighted by molar-refractivity contribution is 5.93. The Balaban J connectivity index is 1.70. The number of amides is 2. The summed E-state index contributed by atoms with van der Waals surface area (Å²) in [6.45, 7) is 2.33. The average molecular weight is 543 g/mol. The number of alkyl carbamates (subject to hydrolysis) is 1. The normalized spacial score (nSPS) is 30.8. The lowest BCUT2D eigenvalue weighted by atomic mass is 9.89. The minimum absolute atomic E-state index is 0.239. The third kappa shape index (κ3) is 7.55. The second-order valence-corrected chi connectivity index (χ2v) is 9.38. The maximum Gasteiger partial charge on any atom is 0.417 e. The van der Waals surface area contributed by atoms with Gasteiger partial charge in [0.15, 0.2) is 12.1 Å². The van der Waals surface area contributed by atoms with E-state index in [4.69, 9.17) is 24.7 Å². The van der Waals surface area contributed by atoms with E-state index in [1.54, 1.807) is 0 Å². The molecule has 2 aliphatic heterocycles. The van der Waals surface area contributed by atoms with E-state index >= 15 is 0 Å². The minimum Gasteiger partial charge on any atom is -0.478 e. The molecule has 3 rings (SSSR count). The number of aliphatic hydroxyl groups excluding tert-OH is 2. The molecule has 2 heterocycles. The first-order valence-electron chi connectivity index (χ1n) is 12.3. The molecule has 1 saturated heterocycles. The lowest BCUT2D eigenvalue weighted by molar-refractivity contribution is -0.170. The summed E-state index contributed by atoms with van der Waals surface area (Å²) in [5.41, 5.74) is 5.84. The number of aliphatic imine (C=N–C) groups is 1. The number of aliphatic hydroxyl groups is 2. The number of nitrogens with two attached hydrogens (primary N) is 1. The van der Waals surface area contributed by atoms with Crippen LogP contribution in [0, 0.1) is 5.92 Å². The molecule has 7 N–H and O–H groups in total. The van der Waals surface area contributed by atoms with Gasteiger partial charge in [0.25, 0.3) is 0 Å². The van der Waals surface area contributed by atoms with Crippen LogP contribution in [-0.2, 0) is 33.3 Å². The van der Waals surface area contributed by atoms with Crippen molar-refractivity contribution in [1.29, 1.82) is 0 Å². The van der Waals surface area contributed by atoms with Gasteiger partial charge in [-0.1, -0.05) is 19.3 Å². The zero-order valence-electron chi connectivity index (χ0n) is 21.1. The first kappa shape index (κ1) is 29.1. The predicted molar refractivity (Wildman–Crippen MR) is 127 cm³/mol. The molecule has 2 unspecified atom stereocenters. The Hall–Kier alpha value is -3.43. The molecule has 0 spiro atoms. The molecule has 0 aromatic heterocycles. The fourth-order valence-corrected chi connectivity index (χ4v) is 4.64. The molecule has 1 saturated carbocycles. The smallest absolute Gasteiger partial charge is 0.417 e. The molecule has 1 aliphatic carbocycles. The van der Waals surface area contributed by atoms with E-state index in [0.29, 0.717) is 12.8 Å². The molecule has 38 heavy (non-hydrogen) atoms. The predicted octanol–water partition coefficient (Wildman–Crippen LogP) is -1.14. The summed E-state index contributed by atoms with van der Waals surface area (Å²) in [5.74, 6) is -3.77. The standard InChI is InChI=1S/C23H34N4O11/c1-10(28)25-16-13(8-15(20(31)32)38-18(16)19-17(30)14(29)9-35-19)26-22(24)27-23(34)37-11(2)36-21(33)12-6-4-3-5-7-12/h8,11-14,16-19,29-30H,3-7,9H2,1-2H3,(H,25,28)(H,31,32)(H3,24,26,27,34)/t11?,13-,14+,16+,17+,18+,19?/m0/s1. The van der Waals surface area contributed by atoms with Gasteiger partial charge in [-0.3, -0.25) is 14.9 Å². The maximum atomic E-state index is 12.3. The monoisotopic (exact) mass is 542 g/mol. The SMILES string of the molecule is CC(=O)N[C@@H]1[C@@H](N=C(N)NC(=O)OC(C)OC(=O)C2CCCCC2)C=C(C(=O)O)O[C@H]1C1OC[C@@H](O)[C@H]1O. The van der Waals surface area contributed by atoms with Crippen molar-refractivity contribution < 1.29 is 53.4 Å². The molecule has 0 aromatic carbocycles. The summed E-state index contributed by atoms with van der Waals surface area (Å²) in [7, 11) is 0. The molecular weight excluding hydrogens is 508 g/mol. The van der Waals surface area contributed by atoms with Gasteiger partial charge >= 0.3 is 18.0 Å². The summed E-state index contributed by atoms with van der Waals surface area (Å²) in [5, 5.41) is 34.4. The largest absolute Gasteiger partial charge is 0.478 e. The van der Waals surface area contributed by atoms with Crippen molar-refractivity contribution in [1.82, 2.24) is 10.6 Å². The number of ether oxygens (including phenoxy) is 4. The van der Waals surface area contributed by atoms with Crippen LogP contribution in [0.4, 0.5) is 4.79 Å². The van der Waals surface area contributed by atoms with E-state index < -0.39 is 78.4 Å². The van der Waals surface area contributed by atoms with Crippen molar-refractivity contribution in [3.05, 3.63) is 11.8 Å². The summed E-state index contributed by atoms with van der Waals surface area (Å²) in [6, 6.07) is -2.30. The van der Waals surface area contributed by atoms with Crippen LogP contribution >= 0.6 is 0 Å². The number of carboxylic acids is 1. The number of rotatable bonds is 7. The number of carbonyl (C=O) groups excluding carboxylic acids is 3. The average Bonchev–Trinajstić information content (AvgIpc) is 3.17. The zero-order chi connectivity index (χ0) is 28.0. The second-order valence-electron chi connectivity index (χ2n) is 9.38. The Bertz CT molecular complexity index is 965. The van der Waals surface area contributed by atoms with Crippen LogP contribution in [0.3, 0.4) is 0 Å². The Morgan fingerprint density at radius 3 is 2.39 bits per heavy atom. The van der Waals surface area contributed by atoms with Gasteiger partial charge in [-0.15, -0.1) is 0 Å². The molecule has 0 aromatic rings. The van der Waals surface area contributed by atoms with Gasteiger partial charge in [-0.05, 0) is 18.9 Å². The Morgan fingerprint density at radius 2 is 1.82 bits per heavy atom. The van der Waals surface area contributed by atoms with Gasteiger partial charge < -0.3 is 45.3 Å². The number of nitrogens with zero attached hydrogens (tertiary/aromatic N) is 1. The van der Waals surface area contributed by atoms with Crippen molar-refractivity contribution in [2.45, 2.75) is 88.7 Å². The molecule has 3 aliphatic rings. The zero-order valence-corrected chi connectivity index (χ0v) is 21.1. The lowest BCUT2D eigenvalue weighted by Gasteiger charge is -2.38. The van der Waals surface area contributed by atoms with E-state index in [-0.39, 0.29) is 12.5 Å². The Kier molecular flexibility index (Phi) is 9.88. The van der Waals surface area contributed by atoms with E-state index in [2.05, 4.69) is 15.6 Å². The summed E-state index contributed by atoms with van der Waals surface area (Å²) in [4.78, 5) is 52.2. The molecule has 15 heteroatoms. The first-order chi connectivity index (χ1) is 18.0. The van der Waals surface area contributed by atoms with Crippen LogP contribution in [0.1, 0.15) is 46.0 Å². The van der Waals surface area contributed by atoms with Crippen LogP contribution in [0.2, 0.25) is 0 Å². The third-order valence-electron chi connectivity index (χ3n) is 6.41. The topological polar surface area (TPSA) is 228 Å². The summed E-state index contributed by atoms with van der Waals surface area (Å²) in [6.07, 6.45) is -2.05. The van der Waals surface area contributed by atoms with Gasteiger partial charge in [0.05, 0.1) is 24.6 Å². The number of aliphatic carboxylic acids is 1. The molecule has 0 bridgehead atoms. The number of esters is 1. The molecule has 15 nitrogen and oxygen atoms in total. The molecule has 0 radical (unpaired) electrons. The number of guanidine groups is 1. The highest BCUT2D eigenvalue weighted by Gasteiger charge is 2.49. The number of carboxylic acid groups (broad SMARTS) is 1. The Morgan fingerprint density at radius 1 is 1.13 bits per heavy atom. The minimum atomic E-state index is -1.47. The number of hydrogen-bond acceptors (Lipinski definition) is 11. The van der Waals surface area contributed by atoms with Crippen LogP contribution in [0.15, 0.2) is 16.8 Å². The van der Waals surface area contributed by atoms with Gasteiger partial charge in [0.2, 0.25) is 18.0 Å². The van der Waals surface area contributed by atoms with E-state index in [9.17, 15) is 34.5 Å². The first-order valence-corrected chi connectivity index (χ1v) is 12.3. The summed E-state index contributed by atoms with van der Waals surface area (Å²) >= 11 is 0. The number of nitrogens with one attached hydrogen (secondary N) is 2. The van der Waals surface area contributed by atoms with Crippen molar-refractivity contribution in [3.63, 3.8) is 0 Å². The van der Waals surface area contributed by atoms with Crippen LogP contribution in [-0.4, -0.2) is 94.6 Å². The van der Waals surface area contributed by atoms with Gasteiger partial charge in [0.1, 0.15) is 18.3 Å². The van der Waals surface area contributed by atoms with Gasteiger partial charge in [0, 0.05) is 13.8 Å². The molecular formula is C23H34N4O11. The van der Waals surface area contributed by atoms with Gasteiger partial charge in [-0.2, -0.15) is 0 Å². The van der Waals surface area contributed by atoms with Crippen LogP contribution in [0.25, 0.3) is 0 Å². The summed E-state index contributed by atoms with van der Waals surface area (Å²) < 4.78 is 21.1. The molecule has 7 atom stereocenters. The lowest BCUT2D eigenvalue weighted by Crippen LogP contribution is -2.59. The number of carbonyl (C=O) groups is 4. The van der Waals surface area contributed by atoms with Gasteiger partial charge in [-0.25, -0.2) is 14.6 Å². The fourth-order valence-electron chi connectivity index (χ4n) is 4.64. The number of hydrogen-bond donors (Lipinski definition) is 6. The van der Waals surface area contributed by atoms with Crippen LogP contribution < -0.4 is 16.4 Å². The third-order valence-corrected chi connectivity index (χ3v) is 6.41.